The molecule has 2 aromatic rings. The molecule has 5 nitrogen and oxygen atoms in total. The zero-order chi connectivity index (χ0) is 12.8. The fraction of sp³-hybridized carbons (Fsp3) is 0.111. The summed E-state index contributed by atoms with van der Waals surface area (Å²) < 4.78 is 42.3. The second-order valence-corrected chi connectivity index (χ2v) is 3.20. The number of rotatable bonds is 1. The van der Waals surface area contributed by atoms with Crippen LogP contribution in [-0.2, 0) is 6.18 Å². The number of hydrogen-bond acceptors (Lipinski definition) is 3. The zero-order valence-corrected chi connectivity index (χ0v) is 7.96. The number of carbonyl (C=O) groups is 1. The Morgan fingerprint density at radius 3 is 2.53 bits per heavy atom. The lowest BCUT2D eigenvalue weighted by molar-refractivity contribution is -0.136. The summed E-state index contributed by atoms with van der Waals surface area (Å²) >= 11 is 0. The van der Waals surface area contributed by atoms with Crippen molar-refractivity contribution in [3.63, 3.8) is 0 Å². The van der Waals surface area contributed by atoms with Gasteiger partial charge in [0.15, 0.2) is 0 Å². The van der Waals surface area contributed by atoms with E-state index in [9.17, 15) is 22.8 Å². The highest BCUT2D eigenvalue weighted by atomic mass is 19.4. The van der Waals surface area contributed by atoms with Crippen LogP contribution >= 0.6 is 0 Å². The van der Waals surface area contributed by atoms with E-state index < -0.39 is 40.1 Å². The summed E-state index contributed by atoms with van der Waals surface area (Å²) in [5.41, 5.74) is -2.76. The van der Waals surface area contributed by atoms with Gasteiger partial charge >= 0.3 is 12.1 Å². The topological polar surface area (TPSA) is 83.3 Å². The van der Waals surface area contributed by atoms with E-state index in [-0.39, 0.29) is 0 Å². The van der Waals surface area contributed by atoms with Gasteiger partial charge in [0.1, 0.15) is 0 Å². The normalized spacial score (nSPS) is 11.9. The van der Waals surface area contributed by atoms with Gasteiger partial charge in [-0.15, -0.1) is 0 Å². The van der Waals surface area contributed by atoms with Crippen molar-refractivity contribution >= 4 is 17.1 Å². The lowest BCUT2D eigenvalue weighted by atomic mass is 10.2. The third-order valence-electron chi connectivity index (χ3n) is 2.05. The SMILES string of the molecule is O=C(O)c1cc2c(C(F)(F)F)cc(=O)[nH]c2o1. The average Bonchev–Trinajstić information content (AvgIpc) is 2.58. The van der Waals surface area contributed by atoms with Gasteiger partial charge in [0.2, 0.25) is 11.5 Å². The maximum Gasteiger partial charge on any atom is 0.417 e. The van der Waals surface area contributed by atoms with Gasteiger partial charge in [0.25, 0.3) is 5.56 Å². The number of aromatic carboxylic acids is 1. The second kappa shape index (κ2) is 3.37. The molecular weight excluding hydrogens is 243 g/mol. The molecule has 0 amide bonds. The Balaban J connectivity index is 2.84. The van der Waals surface area contributed by atoms with Crippen LogP contribution in [0.3, 0.4) is 0 Å². The number of furan rings is 1. The first-order valence-electron chi connectivity index (χ1n) is 4.26. The molecule has 2 heterocycles. The van der Waals surface area contributed by atoms with E-state index in [0.717, 1.165) is 6.07 Å². The maximum atomic E-state index is 12.6. The van der Waals surface area contributed by atoms with Gasteiger partial charge < -0.3 is 9.52 Å². The highest BCUT2D eigenvalue weighted by Gasteiger charge is 2.34. The van der Waals surface area contributed by atoms with Crippen molar-refractivity contribution in [3.05, 3.63) is 33.8 Å². The highest BCUT2D eigenvalue weighted by Crippen LogP contribution is 2.34. The van der Waals surface area contributed by atoms with E-state index in [4.69, 9.17) is 5.11 Å². The monoisotopic (exact) mass is 247 g/mol. The molecule has 0 atom stereocenters. The van der Waals surface area contributed by atoms with Crippen LogP contribution in [0.25, 0.3) is 11.1 Å². The van der Waals surface area contributed by atoms with Crippen molar-refractivity contribution < 1.29 is 27.5 Å². The van der Waals surface area contributed by atoms with Gasteiger partial charge in [0.05, 0.1) is 10.9 Å². The van der Waals surface area contributed by atoms with Crippen molar-refractivity contribution in [3.8, 4) is 0 Å². The molecule has 2 N–H and O–H groups in total. The molecule has 0 aliphatic heterocycles. The first kappa shape index (κ1) is 11.2. The molecule has 0 fully saturated rings. The lowest BCUT2D eigenvalue weighted by Gasteiger charge is -2.05. The predicted molar refractivity (Wildman–Crippen MR) is 48.8 cm³/mol. The molecule has 2 aromatic heterocycles. The fourth-order valence-electron chi connectivity index (χ4n) is 1.38. The molecule has 0 aliphatic rings. The predicted octanol–water partition coefficient (Wildman–Crippen LogP) is 1.84. The summed E-state index contributed by atoms with van der Waals surface area (Å²) in [5.74, 6) is -2.19. The summed E-state index contributed by atoms with van der Waals surface area (Å²) in [6.45, 7) is 0. The van der Waals surface area contributed by atoms with Crippen LogP contribution in [-0.4, -0.2) is 16.1 Å². The quantitative estimate of drug-likeness (QED) is 0.805. The van der Waals surface area contributed by atoms with Crippen molar-refractivity contribution in [2.45, 2.75) is 6.18 Å². The summed E-state index contributed by atoms with van der Waals surface area (Å²) in [4.78, 5) is 23.5. The molecule has 0 saturated heterocycles. The van der Waals surface area contributed by atoms with Crippen LogP contribution in [0.4, 0.5) is 13.2 Å². The van der Waals surface area contributed by atoms with E-state index >= 15 is 0 Å². The number of nitrogens with one attached hydrogen (secondary N) is 1. The Morgan fingerprint density at radius 2 is 2.00 bits per heavy atom. The molecule has 0 bridgehead atoms. The standard InChI is InChI=1S/C9H4F3NO4/c10-9(11,12)4-2-6(14)13-7-3(4)1-5(17-7)8(15)16/h1-2H,(H,13,14)(H,15,16). The third-order valence-corrected chi connectivity index (χ3v) is 2.05. The summed E-state index contributed by atoms with van der Waals surface area (Å²) in [6, 6.07) is 1.07. The lowest BCUT2D eigenvalue weighted by Crippen LogP contribution is -2.12. The Morgan fingerprint density at radius 1 is 1.35 bits per heavy atom. The van der Waals surface area contributed by atoms with Crippen LogP contribution in [0.5, 0.6) is 0 Å². The molecule has 17 heavy (non-hydrogen) atoms. The van der Waals surface area contributed by atoms with Gasteiger partial charge in [-0.1, -0.05) is 0 Å². The highest BCUT2D eigenvalue weighted by molar-refractivity contribution is 5.91. The van der Waals surface area contributed by atoms with Gasteiger partial charge in [-0.3, -0.25) is 9.78 Å². The average molecular weight is 247 g/mol. The van der Waals surface area contributed by atoms with Crippen LogP contribution in [0.2, 0.25) is 0 Å². The van der Waals surface area contributed by atoms with Crippen LogP contribution in [0.15, 0.2) is 21.3 Å². The van der Waals surface area contributed by atoms with Crippen molar-refractivity contribution in [1.29, 1.82) is 0 Å². The van der Waals surface area contributed by atoms with Crippen molar-refractivity contribution in [2.75, 3.05) is 0 Å². The fourth-order valence-corrected chi connectivity index (χ4v) is 1.38. The molecule has 0 aromatic carbocycles. The molecule has 8 heteroatoms. The number of fused-ring (bicyclic) bond motifs is 1. The number of pyridine rings is 1. The minimum Gasteiger partial charge on any atom is -0.475 e. The molecule has 2 rings (SSSR count). The van der Waals surface area contributed by atoms with E-state index in [1.54, 1.807) is 0 Å². The van der Waals surface area contributed by atoms with Gasteiger partial charge in [-0.05, 0) is 0 Å². The number of aromatic amines is 1. The Kier molecular flexibility index (Phi) is 2.23. The van der Waals surface area contributed by atoms with Gasteiger partial charge in [-0.2, -0.15) is 13.2 Å². The number of carboxylic acids is 1. The first-order chi connectivity index (χ1) is 7.79. The van der Waals surface area contributed by atoms with Crippen LogP contribution in [0, 0.1) is 0 Å². The number of carboxylic acid groups (broad SMARTS) is 1. The Labute approximate surface area is 90.5 Å². The number of hydrogen-bond donors (Lipinski definition) is 2. The second-order valence-electron chi connectivity index (χ2n) is 3.20. The van der Waals surface area contributed by atoms with Crippen molar-refractivity contribution in [1.82, 2.24) is 4.98 Å². The minimum absolute atomic E-state index is 0.351. The molecule has 0 unspecified atom stereocenters. The molecular formula is C9H4F3NO4. The molecule has 0 spiro atoms. The zero-order valence-electron chi connectivity index (χ0n) is 7.96. The summed E-state index contributed by atoms with van der Waals surface area (Å²) in [7, 11) is 0. The molecule has 0 radical (unpaired) electrons. The molecule has 0 saturated carbocycles. The van der Waals surface area contributed by atoms with Crippen molar-refractivity contribution in [2.24, 2.45) is 0 Å². The first-order valence-corrected chi connectivity index (χ1v) is 4.26. The Hall–Kier alpha value is -2.25. The van der Waals surface area contributed by atoms with Gasteiger partial charge in [0, 0.05) is 12.1 Å². The molecule has 90 valence electrons. The number of aromatic nitrogens is 1. The number of halogens is 3. The van der Waals surface area contributed by atoms with E-state index in [1.807, 2.05) is 4.98 Å². The van der Waals surface area contributed by atoms with E-state index in [1.165, 1.54) is 0 Å². The summed E-state index contributed by atoms with van der Waals surface area (Å²) in [5, 5.41) is 8.09. The summed E-state index contributed by atoms with van der Waals surface area (Å²) in [6.07, 6.45) is -4.76. The maximum absolute atomic E-state index is 12.6. The number of H-pyrrole nitrogens is 1. The molecule has 0 aliphatic carbocycles. The van der Waals surface area contributed by atoms with E-state index in [0.29, 0.717) is 6.07 Å². The Bertz CT molecular complexity index is 652. The third kappa shape index (κ3) is 1.88. The number of alkyl halides is 3. The van der Waals surface area contributed by atoms with Crippen LogP contribution < -0.4 is 5.56 Å². The largest absolute Gasteiger partial charge is 0.475 e. The van der Waals surface area contributed by atoms with E-state index in [2.05, 4.69) is 4.42 Å². The van der Waals surface area contributed by atoms with Crippen LogP contribution in [0.1, 0.15) is 16.1 Å². The minimum atomic E-state index is -4.76. The smallest absolute Gasteiger partial charge is 0.417 e. The van der Waals surface area contributed by atoms with Gasteiger partial charge in [-0.25, -0.2) is 4.79 Å².